The molecule has 0 saturated carbocycles. The second kappa shape index (κ2) is 28.1. The minimum atomic E-state index is -6.00. The van der Waals surface area contributed by atoms with Crippen LogP contribution in [0.4, 0.5) is 17.3 Å². The number of ether oxygens (including phenoxy) is 2. The molecule has 1 amide bonds. The number of hydrogen-bond acceptors (Lipinski definition) is 6. The monoisotopic (exact) mass is 1130 g/mol. The molecule has 1 radical (unpaired) electrons. The summed E-state index contributed by atoms with van der Waals surface area (Å²) < 4.78 is 74.4. The summed E-state index contributed by atoms with van der Waals surface area (Å²) in [6.45, 7) is 30.1. The first-order chi connectivity index (χ1) is 32.6. The maximum atomic E-state index is 13.2. The summed E-state index contributed by atoms with van der Waals surface area (Å²) >= 11 is 0. The predicted molar refractivity (Wildman–Crippen MR) is 289 cm³/mol. The Labute approximate surface area is 439 Å². The maximum absolute atomic E-state index is 13.2. The molecule has 71 heavy (non-hydrogen) atoms. The molecule has 1 aliphatic carbocycles. The number of carbonyl (C=O) groups excluding carboxylic acids is 1. The number of methoxy groups -OCH3 is 1. The molecule has 1 fully saturated rings. The van der Waals surface area contributed by atoms with Crippen molar-refractivity contribution in [3.63, 3.8) is 0 Å². The van der Waals surface area contributed by atoms with Crippen LogP contribution in [0.25, 0.3) is 0 Å². The molecule has 5 atom stereocenters. The van der Waals surface area contributed by atoms with Crippen molar-refractivity contribution in [2.75, 3.05) is 13.7 Å². The van der Waals surface area contributed by atoms with E-state index in [1.165, 1.54) is 54.9 Å². The van der Waals surface area contributed by atoms with Crippen LogP contribution in [0.3, 0.4) is 0 Å². The van der Waals surface area contributed by atoms with Crippen molar-refractivity contribution in [2.45, 2.75) is 158 Å². The Morgan fingerprint density at radius 3 is 1.18 bits per heavy atom. The van der Waals surface area contributed by atoms with E-state index in [2.05, 4.69) is 192 Å². The smallest absolute Gasteiger partial charge is 0.418 e. The topological polar surface area (TPSA) is 75.2 Å². The third kappa shape index (κ3) is 20.4. The Morgan fingerprint density at radius 2 is 0.915 bits per heavy atom. The molecule has 393 valence electrons. The summed E-state index contributed by atoms with van der Waals surface area (Å²) in [5, 5.41) is 7.57. The van der Waals surface area contributed by atoms with Gasteiger partial charge in [0.05, 0.1) is 22.9 Å². The number of halogens is 4. The molecule has 2 aliphatic rings. The van der Waals surface area contributed by atoms with Gasteiger partial charge in [-0.3, -0.25) is 4.79 Å². The van der Waals surface area contributed by atoms with Gasteiger partial charge in [-0.15, -0.1) is 0 Å². The number of rotatable bonds is 13. The number of benzene rings is 4. The second-order valence-corrected chi connectivity index (χ2v) is 28.8. The van der Waals surface area contributed by atoms with Gasteiger partial charge in [-0.25, -0.2) is 0 Å². The van der Waals surface area contributed by atoms with Crippen LogP contribution in [0.2, 0.25) is 18.1 Å². The minimum Gasteiger partial charge on any atom is -0.418 e. The number of hydrogen-bond donors (Lipinski definition) is 1. The molecule has 0 spiro atoms. The minimum absolute atomic E-state index is 0. The Bertz CT molecular complexity index is 2200. The first-order valence-electron chi connectivity index (χ1n) is 24.2. The Kier molecular flexibility index (Phi) is 24.7. The van der Waals surface area contributed by atoms with Gasteiger partial charge in [-0.05, 0) is 148 Å². The maximum Gasteiger partial charge on any atom is 0.673 e. The van der Waals surface area contributed by atoms with Gasteiger partial charge in [0, 0.05) is 54.7 Å². The number of carbonyl (C=O) groups is 1. The molecule has 7 nitrogen and oxygen atoms in total. The third-order valence-corrected chi connectivity index (χ3v) is 20.5. The van der Waals surface area contributed by atoms with E-state index in [0.717, 1.165) is 43.5 Å². The number of aryl methyl sites for hydroxylation is 8. The molecule has 0 aromatic heterocycles. The average Bonchev–Trinajstić information content (AvgIpc) is 3.19. The number of nitrogens with one attached hydrogen (secondary N) is 1. The SMILES string of the molecule is C1=C\CC/C=C\CC/1.CO[C@@H]1O[C@H](CO[Si](C)(C)C(C)(C)C)[C@@H](OP(c2cc(C)cc(C)c2)c2cc(C)cc(C)c2)[C@H](OP(c2cc(C)cc(C)c2)c2cc(C)cc(C)c2)[C@H]1NC(C)=O.F[B-](F)(F)F.[Rh]. The van der Waals surface area contributed by atoms with Crippen LogP contribution >= 0.6 is 16.3 Å². The van der Waals surface area contributed by atoms with E-state index >= 15 is 0 Å². The van der Waals surface area contributed by atoms with Crippen LogP contribution in [0.15, 0.2) is 97.1 Å². The molecule has 1 heterocycles. The summed E-state index contributed by atoms with van der Waals surface area (Å²) in [5.41, 5.74) is 9.30. The van der Waals surface area contributed by atoms with Crippen LogP contribution < -0.4 is 26.5 Å². The zero-order valence-corrected chi connectivity index (χ0v) is 48.9. The predicted octanol–water partition coefficient (Wildman–Crippen LogP) is 13.2. The van der Waals surface area contributed by atoms with Crippen molar-refractivity contribution in [3.8, 4) is 0 Å². The second-order valence-electron chi connectivity index (χ2n) is 20.3. The van der Waals surface area contributed by atoms with Gasteiger partial charge in [-0.1, -0.05) is 114 Å². The van der Waals surface area contributed by atoms with E-state index in [1.807, 2.05) is 0 Å². The summed E-state index contributed by atoms with van der Waals surface area (Å²) in [6, 6.07) is 25.9. The zero-order chi connectivity index (χ0) is 52.1. The van der Waals surface area contributed by atoms with Crippen molar-refractivity contribution >= 4 is 59.0 Å². The Morgan fingerprint density at radius 1 is 0.620 bits per heavy atom. The van der Waals surface area contributed by atoms with Crippen molar-refractivity contribution < 1.29 is 64.5 Å². The summed E-state index contributed by atoms with van der Waals surface area (Å²) in [5.74, 6) is -0.206. The van der Waals surface area contributed by atoms with Crippen molar-refractivity contribution in [1.82, 2.24) is 5.32 Å². The fourth-order valence-corrected chi connectivity index (χ4v) is 14.0. The molecule has 0 unspecified atom stereocenters. The van der Waals surface area contributed by atoms with Crippen molar-refractivity contribution in [1.29, 1.82) is 0 Å². The average molecular weight is 1130 g/mol. The normalized spacial score (nSPS) is 20.3. The van der Waals surface area contributed by atoms with E-state index in [0.29, 0.717) is 0 Å². The molecule has 0 bridgehead atoms. The number of allylic oxidation sites excluding steroid dienone is 4. The van der Waals surface area contributed by atoms with Gasteiger partial charge in [-0.2, -0.15) is 0 Å². The van der Waals surface area contributed by atoms with E-state index in [9.17, 15) is 22.1 Å². The summed E-state index contributed by atoms with van der Waals surface area (Å²) in [6.07, 6.45) is 11.2. The molecular weight excluding hydrogens is 1050 g/mol. The fourth-order valence-electron chi connectivity index (χ4n) is 8.30. The summed E-state index contributed by atoms with van der Waals surface area (Å²) in [4.78, 5) is 13.2. The van der Waals surface area contributed by atoms with Gasteiger partial charge < -0.3 is 45.5 Å². The molecular formula is C55H77BF4NO6P2RhSi-. The fraction of sp³-hybridized carbons (Fsp3) is 0.473. The quantitative estimate of drug-likeness (QED) is 0.0622. The van der Waals surface area contributed by atoms with Gasteiger partial charge in [0.25, 0.3) is 0 Å². The molecule has 16 heteroatoms. The van der Waals surface area contributed by atoms with E-state index in [-0.39, 0.29) is 37.0 Å². The van der Waals surface area contributed by atoms with Crippen LogP contribution in [0.5, 0.6) is 0 Å². The Balaban J connectivity index is 0.000000829. The molecule has 1 N–H and O–H groups in total. The summed E-state index contributed by atoms with van der Waals surface area (Å²) in [7, 11) is -9.48. The molecule has 4 aromatic carbocycles. The van der Waals surface area contributed by atoms with Crippen LogP contribution in [0, 0.1) is 55.4 Å². The van der Waals surface area contributed by atoms with Crippen LogP contribution in [-0.2, 0) is 47.2 Å². The first-order valence-corrected chi connectivity index (χ1v) is 29.6. The largest absolute Gasteiger partial charge is 0.673 e. The number of amides is 1. The Hall–Kier alpha value is -2.88. The first kappa shape index (κ1) is 62.4. The van der Waals surface area contributed by atoms with E-state index in [4.69, 9.17) is 22.9 Å². The van der Waals surface area contributed by atoms with Gasteiger partial charge in [0.15, 0.2) is 14.6 Å². The van der Waals surface area contributed by atoms with Gasteiger partial charge in [0.1, 0.15) is 24.4 Å². The van der Waals surface area contributed by atoms with Gasteiger partial charge in [0.2, 0.25) is 5.91 Å². The standard InChI is InChI=1S/C47H65NO6P2Si.C8H12.BF4.Rh/c1-29-16-30(2)21-38(20-29)55(39-22-31(3)17-32(4)23-39)53-44-42(28-51-57(14,15)47(10,11)12)52-46(50-13)43(48-37(9)49)45(44)54-56(40-24-33(5)18-34(6)25-40)41-26-35(7)19-36(8)27-41;1-2-4-6-8-7-5-3-1;2-1(3,4)5;/h16-27,42-46H,28H2,1-15H3,(H,48,49);1-2,7-8H,3-6H2;;/q;;-1;/b;2-1-,8-7-;;/t42-,43-,44-,45-,46-;;;/m1.../s1. The van der Waals surface area contributed by atoms with Crippen molar-refractivity contribution in [3.05, 3.63) is 142 Å². The molecule has 6 rings (SSSR count). The molecule has 1 saturated heterocycles. The van der Waals surface area contributed by atoms with E-state index < -0.39 is 62.5 Å². The zero-order valence-electron chi connectivity index (χ0n) is 44.4. The molecule has 4 aromatic rings. The van der Waals surface area contributed by atoms with Crippen molar-refractivity contribution in [2.24, 2.45) is 0 Å². The van der Waals surface area contributed by atoms with Crippen LogP contribution in [-0.4, -0.2) is 65.8 Å². The van der Waals surface area contributed by atoms with Crippen LogP contribution in [0.1, 0.15) is 97.9 Å². The third-order valence-electron chi connectivity index (χ3n) is 12.2. The van der Waals surface area contributed by atoms with E-state index in [1.54, 1.807) is 7.11 Å². The molecule has 1 aliphatic heterocycles. The van der Waals surface area contributed by atoms with Gasteiger partial charge >= 0.3 is 7.25 Å².